The van der Waals surface area contributed by atoms with E-state index in [9.17, 15) is 4.79 Å². The smallest absolute Gasteiger partial charge is 0.271 e. The van der Waals surface area contributed by atoms with Gasteiger partial charge in [0.1, 0.15) is 5.82 Å². The van der Waals surface area contributed by atoms with Crippen molar-refractivity contribution in [2.75, 3.05) is 0 Å². The van der Waals surface area contributed by atoms with E-state index in [0.29, 0.717) is 5.56 Å². The molecule has 33 heavy (non-hydrogen) atoms. The topological polar surface area (TPSA) is 64.2 Å². The molecular weight excluding hydrogens is 410 g/mol. The largest absolute Gasteiger partial charge is 0.343 e. The van der Waals surface area contributed by atoms with Gasteiger partial charge in [-0.1, -0.05) is 48.5 Å². The molecule has 0 saturated carbocycles. The van der Waals surface area contributed by atoms with E-state index in [1.165, 1.54) is 0 Å². The monoisotopic (exact) mass is 435 g/mol. The van der Waals surface area contributed by atoms with E-state index in [1.807, 2.05) is 62.5 Å². The van der Waals surface area contributed by atoms with Gasteiger partial charge in [0, 0.05) is 35.6 Å². The molecule has 2 heterocycles. The van der Waals surface area contributed by atoms with Crippen molar-refractivity contribution in [1.82, 2.24) is 19.5 Å². The molecule has 5 aromatic rings. The van der Waals surface area contributed by atoms with E-state index >= 15 is 0 Å². The molecule has 164 valence electrons. The van der Waals surface area contributed by atoms with Crippen LogP contribution in [0.2, 0.25) is 0 Å². The molecule has 3 aromatic carbocycles. The summed E-state index contributed by atoms with van der Waals surface area (Å²) in [6, 6.07) is 24.0. The van der Waals surface area contributed by atoms with Crippen molar-refractivity contribution < 1.29 is 4.79 Å². The maximum atomic E-state index is 12.8. The van der Waals surface area contributed by atoms with Gasteiger partial charge in [-0.25, -0.2) is 10.4 Å². The van der Waals surface area contributed by atoms with Crippen molar-refractivity contribution in [3.05, 3.63) is 89.7 Å². The molecule has 1 amide bonds. The molecule has 0 atom stereocenters. The number of para-hydroxylation sites is 1. The molecular formula is C27H25N5O. The van der Waals surface area contributed by atoms with Crippen LogP contribution in [0.15, 0.2) is 77.9 Å². The number of aromatic nitrogens is 3. The third-order valence-corrected chi connectivity index (χ3v) is 6.07. The minimum Gasteiger partial charge on any atom is -0.343 e. The van der Waals surface area contributed by atoms with Gasteiger partial charge in [0.2, 0.25) is 0 Å². The van der Waals surface area contributed by atoms with Crippen molar-refractivity contribution in [3.8, 4) is 11.3 Å². The highest BCUT2D eigenvalue weighted by Crippen LogP contribution is 2.31. The predicted octanol–water partition coefficient (Wildman–Crippen LogP) is 5.29. The number of nitrogens with one attached hydrogen (secondary N) is 1. The first-order valence-corrected chi connectivity index (χ1v) is 11.0. The molecule has 0 unspecified atom stereocenters. The third kappa shape index (κ3) is 3.59. The number of hydrogen-bond donors (Lipinski definition) is 1. The summed E-state index contributed by atoms with van der Waals surface area (Å²) in [5.41, 5.74) is 9.27. The average Bonchev–Trinajstić information content (AvgIpc) is 3.32. The molecule has 5 rings (SSSR count). The number of carbonyl (C=O) groups excluding carboxylic acids is 1. The Bertz CT molecular complexity index is 1510. The molecule has 1 N–H and O–H groups in total. The molecule has 0 saturated heterocycles. The van der Waals surface area contributed by atoms with Crippen LogP contribution in [0.4, 0.5) is 0 Å². The first-order chi connectivity index (χ1) is 16.1. The van der Waals surface area contributed by atoms with Gasteiger partial charge in [-0.05, 0) is 43.7 Å². The van der Waals surface area contributed by atoms with Crippen LogP contribution >= 0.6 is 0 Å². The zero-order chi connectivity index (χ0) is 22.9. The first kappa shape index (κ1) is 20.7. The minimum atomic E-state index is -0.265. The summed E-state index contributed by atoms with van der Waals surface area (Å²) >= 11 is 0. The van der Waals surface area contributed by atoms with Crippen LogP contribution in [-0.2, 0) is 13.6 Å². The van der Waals surface area contributed by atoms with Gasteiger partial charge in [-0.15, -0.1) is 0 Å². The van der Waals surface area contributed by atoms with E-state index in [4.69, 9.17) is 0 Å². The number of hydrazone groups is 1. The number of amides is 1. The summed E-state index contributed by atoms with van der Waals surface area (Å²) in [6.45, 7) is 4.90. The van der Waals surface area contributed by atoms with E-state index in [-0.39, 0.29) is 5.91 Å². The summed E-state index contributed by atoms with van der Waals surface area (Å²) in [5.74, 6) is 0.672. The standard InChI is InChI=1S/C27H25N5O/c1-4-32-18(2)29-23-16-20(14-15-25(23)32)27(33)30-28-17-22-21-12-8-9-13-24(21)31(3)26(22)19-10-6-5-7-11-19/h5-17H,4H2,1-3H3,(H,30,33). The Morgan fingerprint density at radius 2 is 1.79 bits per heavy atom. The maximum Gasteiger partial charge on any atom is 0.271 e. The number of carbonyl (C=O) groups is 1. The lowest BCUT2D eigenvalue weighted by Crippen LogP contribution is -2.17. The second-order valence-electron chi connectivity index (χ2n) is 8.01. The Labute approximate surface area is 192 Å². The summed E-state index contributed by atoms with van der Waals surface area (Å²) in [5, 5.41) is 5.41. The molecule has 0 aliphatic heterocycles. The highest BCUT2D eigenvalue weighted by molar-refractivity contribution is 6.07. The van der Waals surface area contributed by atoms with Crippen LogP contribution in [0, 0.1) is 6.92 Å². The van der Waals surface area contributed by atoms with Crippen LogP contribution in [0.25, 0.3) is 33.2 Å². The van der Waals surface area contributed by atoms with Gasteiger partial charge in [0.25, 0.3) is 5.91 Å². The molecule has 0 aliphatic carbocycles. The van der Waals surface area contributed by atoms with Gasteiger partial charge < -0.3 is 9.13 Å². The number of imidazole rings is 1. The highest BCUT2D eigenvalue weighted by Gasteiger charge is 2.15. The molecule has 6 heteroatoms. The Morgan fingerprint density at radius 1 is 1.03 bits per heavy atom. The third-order valence-electron chi connectivity index (χ3n) is 6.07. The molecule has 0 spiro atoms. The number of aryl methyl sites for hydroxylation is 3. The number of hydrogen-bond acceptors (Lipinski definition) is 3. The quantitative estimate of drug-likeness (QED) is 0.301. The molecule has 0 radical (unpaired) electrons. The number of fused-ring (bicyclic) bond motifs is 2. The van der Waals surface area contributed by atoms with E-state index in [2.05, 4.69) is 55.8 Å². The van der Waals surface area contributed by atoms with Gasteiger partial charge in [0.05, 0.1) is 22.9 Å². The fourth-order valence-corrected chi connectivity index (χ4v) is 4.51. The van der Waals surface area contributed by atoms with Gasteiger partial charge in [-0.2, -0.15) is 5.10 Å². The van der Waals surface area contributed by atoms with Gasteiger partial charge in [-0.3, -0.25) is 4.79 Å². The zero-order valence-electron chi connectivity index (χ0n) is 18.9. The van der Waals surface area contributed by atoms with Gasteiger partial charge in [0.15, 0.2) is 0 Å². The van der Waals surface area contributed by atoms with Crippen molar-refractivity contribution >= 4 is 34.1 Å². The lowest BCUT2D eigenvalue weighted by molar-refractivity contribution is 0.0955. The minimum absolute atomic E-state index is 0.265. The molecule has 0 aliphatic rings. The Balaban J connectivity index is 1.47. The van der Waals surface area contributed by atoms with Crippen molar-refractivity contribution in [2.45, 2.75) is 20.4 Å². The number of nitrogens with zero attached hydrogens (tertiary/aromatic N) is 4. The lowest BCUT2D eigenvalue weighted by Gasteiger charge is -2.06. The molecule has 0 fully saturated rings. The highest BCUT2D eigenvalue weighted by atomic mass is 16.2. The maximum absolute atomic E-state index is 12.8. The number of benzene rings is 3. The lowest BCUT2D eigenvalue weighted by atomic mass is 10.1. The Morgan fingerprint density at radius 3 is 2.58 bits per heavy atom. The van der Waals surface area contributed by atoms with Crippen LogP contribution in [0.1, 0.15) is 28.7 Å². The van der Waals surface area contributed by atoms with E-state index < -0.39 is 0 Å². The second-order valence-corrected chi connectivity index (χ2v) is 8.01. The SMILES string of the molecule is CCn1c(C)nc2cc(C(=O)NN=Cc3c(-c4ccccc4)n(C)c4ccccc34)ccc21. The Hall–Kier alpha value is -4.19. The van der Waals surface area contributed by atoms with Gasteiger partial charge >= 0.3 is 0 Å². The normalized spacial score (nSPS) is 11.6. The van der Waals surface area contributed by atoms with Crippen LogP contribution in [-0.4, -0.2) is 26.2 Å². The fourth-order valence-electron chi connectivity index (χ4n) is 4.51. The van der Waals surface area contributed by atoms with Crippen LogP contribution in [0.3, 0.4) is 0 Å². The molecule has 2 aromatic heterocycles. The van der Waals surface area contributed by atoms with Crippen LogP contribution in [0.5, 0.6) is 0 Å². The van der Waals surface area contributed by atoms with Crippen molar-refractivity contribution in [2.24, 2.45) is 12.1 Å². The predicted molar refractivity (Wildman–Crippen MR) is 134 cm³/mol. The molecule has 6 nitrogen and oxygen atoms in total. The van der Waals surface area contributed by atoms with Crippen molar-refractivity contribution in [1.29, 1.82) is 0 Å². The van der Waals surface area contributed by atoms with E-state index in [1.54, 1.807) is 6.21 Å². The fraction of sp³-hybridized carbons (Fsp3) is 0.148. The van der Waals surface area contributed by atoms with Crippen molar-refractivity contribution in [3.63, 3.8) is 0 Å². The summed E-state index contributed by atoms with van der Waals surface area (Å²) in [6.07, 6.45) is 1.73. The Kier molecular flexibility index (Phi) is 5.26. The zero-order valence-corrected chi connectivity index (χ0v) is 18.9. The second kappa shape index (κ2) is 8.39. The summed E-state index contributed by atoms with van der Waals surface area (Å²) in [4.78, 5) is 17.4. The first-order valence-electron chi connectivity index (χ1n) is 11.0. The molecule has 0 bridgehead atoms. The average molecular weight is 436 g/mol. The van der Waals surface area contributed by atoms with E-state index in [0.717, 1.165) is 51.1 Å². The summed E-state index contributed by atoms with van der Waals surface area (Å²) in [7, 11) is 2.05. The summed E-state index contributed by atoms with van der Waals surface area (Å²) < 4.78 is 4.29. The van der Waals surface area contributed by atoms with Crippen LogP contribution < -0.4 is 5.43 Å². The number of rotatable bonds is 5.